The lowest BCUT2D eigenvalue weighted by Gasteiger charge is -2.52. The smallest absolute Gasteiger partial charge is 0.0615 e. The van der Waals surface area contributed by atoms with Gasteiger partial charge in [-0.15, -0.1) is 0 Å². The van der Waals surface area contributed by atoms with Crippen LogP contribution in [0, 0.1) is 11.8 Å². The van der Waals surface area contributed by atoms with Gasteiger partial charge in [0.25, 0.3) is 0 Å². The molecule has 0 aromatic rings. The third-order valence-corrected chi connectivity index (χ3v) is 4.87. The van der Waals surface area contributed by atoms with Crippen molar-refractivity contribution in [3.63, 3.8) is 0 Å². The van der Waals surface area contributed by atoms with Crippen LogP contribution in [0.4, 0.5) is 0 Å². The predicted molar refractivity (Wildman–Crippen MR) is 73.1 cm³/mol. The van der Waals surface area contributed by atoms with Gasteiger partial charge in [0.2, 0.25) is 0 Å². The molecule has 1 fully saturated rings. The lowest BCUT2D eigenvalue weighted by Crippen LogP contribution is -2.61. The summed E-state index contributed by atoms with van der Waals surface area (Å²) in [5.41, 5.74) is 6.30. The van der Waals surface area contributed by atoms with Crippen molar-refractivity contribution in [3.8, 4) is 0 Å². The highest BCUT2D eigenvalue weighted by molar-refractivity contribution is 4.99. The van der Waals surface area contributed by atoms with E-state index >= 15 is 0 Å². The number of hydrogen-bond acceptors (Lipinski definition) is 3. The van der Waals surface area contributed by atoms with E-state index in [1.807, 2.05) is 0 Å². The van der Waals surface area contributed by atoms with Crippen molar-refractivity contribution >= 4 is 0 Å². The van der Waals surface area contributed by atoms with Crippen LogP contribution < -0.4 is 5.73 Å². The lowest BCUT2D eigenvalue weighted by atomic mass is 9.68. The molecule has 1 aliphatic rings. The summed E-state index contributed by atoms with van der Waals surface area (Å²) in [6.45, 7) is 8.48. The molecule has 0 radical (unpaired) electrons. The summed E-state index contributed by atoms with van der Waals surface area (Å²) in [5.74, 6) is 1.51. The quantitative estimate of drug-likeness (QED) is 0.802. The van der Waals surface area contributed by atoms with Crippen LogP contribution in [0.2, 0.25) is 0 Å². The van der Waals surface area contributed by atoms with E-state index in [9.17, 15) is 0 Å². The Morgan fingerprint density at radius 3 is 2.59 bits per heavy atom. The minimum atomic E-state index is 0.171. The van der Waals surface area contributed by atoms with Gasteiger partial charge in [0.1, 0.15) is 0 Å². The summed E-state index contributed by atoms with van der Waals surface area (Å²) in [4.78, 5) is 2.47. The van der Waals surface area contributed by atoms with Gasteiger partial charge in [0, 0.05) is 25.2 Å². The van der Waals surface area contributed by atoms with Crippen molar-refractivity contribution in [1.29, 1.82) is 0 Å². The topological polar surface area (TPSA) is 38.5 Å². The van der Waals surface area contributed by atoms with Crippen LogP contribution >= 0.6 is 0 Å². The van der Waals surface area contributed by atoms with Gasteiger partial charge >= 0.3 is 0 Å². The zero-order chi connectivity index (χ0) is 13.1. The third-order valence-electron chi connectivity index (χ3n) is 4.87. The number of rotatable bonds is 5. The van der Waals surface area contributed by atoms with Crippen molar-refractivity contribution in [3.05, 3.63) is 0 Å². The Hall–Kier alpha value is -0.120. The van der Waals surface area contributed by atoms with E-state index in [-0.39, 0.29) is 5.54 Å². The van der Waals surface area contributed by atoms with Crippen LogP contribution in [0.25, 0.3) is 0 Å². The second kappa shape index (κ2) is 6.17. The van der Waals surface area contributed by atoms with Crippen LogP contribution in [-0.2, 0) is 4.74 Å². The molecule has 0 aromatic carbocycles. The van der Waals surface area contributed by atoms with E-state index in [1.54, 1.807) is 7.11 Å². The minimum absolute atomic E-state index is 0.171. The van der Waals surface area contributed by atoms with Gasteiger partial charge in [0.15, 0.2) is 0 Å². The van der Waals surface area contributed by atoms with Gasteiger partial charge < -0.3 is 10.5 Å². The second-order valence-corrected chi connectivity index (χ2v) is 6.00. The SMILES string of the molecule is COCC(C)N(C)C1(CN)CCC(C)CC1C. The monoisotopic (exact) mass is 242 g/mol. The van der Waals surface area contributed by atoms with Crippen molar-refractivity contribution in [1.82, 2.24) is 4.90 Å². The Balaban J connectivity index is 2.79. The largest absolute Gasteiger partial charge is 0.383 e. The molecule has 1 rings (SSSR count). The number of likely N-dealkylation sites (N-methyl/N-ethyl adjacent to an activating group) is 1. The fraction of sp³-hybridized carbons (Fsp3) is 1.00. The first-order chi connectivity index (χ1) is 7.97. The van der Waals surface area contributed by atoms with Crippen LogP contribution in [-0.4, -0.2) is 43.8 Å². The van der Waals surface area contributed by atoms with E-state index in [2.05, 4.69) is 32.7 Å². The summed E-state index contributed by atoms with van der Waals surface area (Å²) in [6.07, 6.45) is 3.81. The molecule has 1 aliphatic carbocycles. The van der Waals surface area contributed by atoms with E-state index in [0.29, 0.717) is 12.0 Å². The Morgan fingerprint density at radius 2 is 2.12 bits per heavy atom. The molecule has 0 bridgehead atoms. The fourth-order valence-electron chi connectivity index (χ4n) is 3.45. The first-order valence-electron chi connectivity index (χ1n) is 6.90. The molecule has 0 amide bonds. The molecule has 17 heavy (non-hydrogen) atoms. The van der Waals surface area contributed by atoms with Crippen LogP contribution in [0.15, 0.2) is 0 Å². The maximum Gasteiger partial charge on any atom is 0.0615 e. The van der Waals surface area contributed by atoms with Gasteiger partial charge in [-0.25, -0.2) is 0 Å². The van der Waals surface area contributed by atoms with Gasteiger partial charge in [-0.3, -0.25) is 4.90 Å². The Bertz CT molecular complexity index is 234. The number of ether oxygens (including phenoxy) is 1. The predicted octanol–water partition coefficient (Wildman–Crippen LogP) is 2.11. The molecule has 1 saturated carbocycles. The normalized spacial score (nSPS) is 36.2. The minimum Gasteiger partial charge on any atom is -0.383 e. The van der Waals surface area contributed by atoms with Gasteiger partial charge in [0.05, 0.1) is 6.61 Å². The second-order valence-electron chi connectivity index (χ2n) is 6.00. The number of hydrogen-bond donors (Lipinski definition) is 1. The van der Waals surface area contributed by atoms with E-state index in [1.165, 1.54) is 19.3 Å². The van der Waals surface area contributed by atoms with E-state index in [0.717, 1.165) is 19.1 Å². The third kappa shape index (κ3) is 3.01. The maximum atomic E-state index is 6.13. The molecular weight excluding hydrogens is 212 g/mol. The first-order valence-corrected chi connectivity index (χ1v) is 6.90. The molecule has 0 aromatic heterocycles. The molecule has 3 heteroatoms. The molecule has 102 valence electrons. The highest BCUT2D eigenvalue weighted by Gasteiger charge is 2.43. The van der Waals surface area contributed by atoms with Crippen LogP contribution in [0.5, 0.6) is 0 Å². The van der Waals surface area contributed by atoms with Crippen molar-refractivity contribution in [2.24, 2.45) is 17.6 Å². The average Bonchev–Trinajstić information content (AvgIpc) is 2.29. The molecule has 3 nitrogen and oxygen atoms in total. The Kier molecular flexibility index (Phi) is 5.42. The molecule has 4 atom stereocenters. The summed E-state index contributed by atoms with van der Waals surface area (Å²) in [7, 11) is 3.98. The molecule has 0 spiro atoms. The van der Waals surface area contributed by atoms with Gasteiger partial charge in [-0.2, -0.15) is 0 Å². The summed E-state index contributed by atoms with van der Waals surface area (Å²) in [5, 5.41) is 0. The van der Waals surface area contributed by atoms with E-state index < -0.39 is 0 Å². The zero-order valence-corrected chi connectivity index (χ0v) is 12.2. The molecular formula is C14H30N2O. The zero-order valence-electron chi connectivity index (χ0n) is 12.2. The molecule has 4 unspecified atom stereocenters. The van der Waals surface area contributed by atoms with Crippen molar-refractivity contribution < 1.29 is 4.74 Å². The van der Waals surface area contributed by atoms with Gasteiger partial charge in [-0.05, 0) is 45.1 Å². The Morgan fingerprint density at radius 1 is 1.47 bits per heavy atom. The average molecular weight is 242 g/mol. The summed E-state index contributed by atoms with van der Waals surface area (Å²) >= 11 is 0. The van der Waals surface area contributed by atoms with Crippen molar-refractivity contribution in [2.45, 2.75) is 51.6 Å². The summed E-state index contributed by atoms with van der Waals surface area (Å²) < 4.78 is 5.28. The van der Waals surface area contributed by atoms with Gasteiger partial charge in [-0.1, -0.05) is 13.8 Å². The molecule has 0 saturated heterocycles. The van der Waals surface area contributed by atoms with Crippen molar-refractivity contribution in [2.75, 3.05) is 27.3 Å². The fourth-order valence-corrected chi connectivity index (χ4v) is 3.45. The molecule has 0 heterocycles. The number of methoxy groups -OCH3 is 1. The van der Waals surface area contributed by atoms with Crippen LogP contribution in [0.3, 0.4) is 0 Å². The van der Waals surface area contributed by atoms with E-state index in [4.69, 9.17) is 10.5 Å². The first kappa shape index (κ1) is 14.9. The highest BCUT2D eigenvalue weighted by atomic mass is 16.5. The van der Waals surface area contributed by atoms with Crippen LogP contribution in [0.1, 0.15) is 40.0 Å². The Labute approximate surface area is 107 Å². The molecule has 2 N–H and O–H groups in total. The maximum absolute atomic E-state index is 6.13. The highest BCUT2D eigenvalue weighted by Crippen LogP contribution is 2.40. The number of nitrogens with zero attached hydrogens (tertiary/aromatic N) is 1. The number of nitrogens with two attached hydrogens (primary N) is 1. The lowest BCUT2D eigenvalue weighted by molar-refractivity contribution is -0.0251. The standard InChI is InChI=1S/C14H30N2O/c1-11-6-7-14(10-15,12(2)8-11)16(4)13(3)9-17-5/h11-13H,6-10,15H2,1-5H3. The summed E-state index contributed by atoms with van der Waals surface area (Å²) in [6, 6.07) is 0.430. The molecule has 0 aliphatic heterocycles.